The smallest absolute Gasteiger partial charge is 0.115 e. The molecular formula is C11H15NO2. The van der Waals surface area contributed by atoms with E-state index in [1.807, 2.05) is 6.07 Å². The van der Waals surface area contributed by atoms with Crippen LogP contribution in [0.3, 0.4) is 0 Å². The Morgan fingerprint density at radius 2 is 2.14 bits per heavy atom. The minimum atomic E-state index is -0.0653. The average molecular weight is 193 g/mol. The maximum atomic E-state index is 9.25. The summed E-state index contributed by atoms with van der Waals surface area (Å²) in [7, 11) is 0. The highest BCUT2D eigenvalue weighted by atomic mass is 16.3. The molecule has 1 aliphatic rings. The van der Waals surface area contributed by atoms with E-state index in [2.05, 4.69) is 0 Å². The van der Waals surface area contributed by atoms with Gasteiger partial charge in [-0.3, -0.25) is 0 Å². The zero-order valence-electron chi connectivity index (χ0n) is 7.98. The number of aliphatic hydroxyl groups excluding tert-OH is 1. The molecule has 0 unspecified atom stereocenters. The molecule has 2 rings (SSSR count). The molecule has 0 bridgehead atoms. The van der Waals surface area contributed by atoms with Gasteiger partial charge in [0.1, 0.15) is 5.75 Å². The van der Waals surface area contributed by atoms with Gasteiger partial charge < -0.3 is 15.9 Å². The lowest BCUT2D eigenvalue weighted by molar-refractivity contribution is 0.278. The molecule has 1 aliphatic carbocycles. The third kappa shape index (κ3) is 1.74. The van der Waals surface area contributed by atoms with Gasteiger partial charge in [0.2, 0.25) is 0 Å². The number of aliphatic hydroxyl groups is 1. The first-order valence-electron chi connectivity index (χ1n) is 4.90. The van der Waals surface area contributed by atoms with Crippen molar-refractivity contribution in [2.45, 2.75) is 25.5 Å². The average Bonchev–Trinajstić information content (AvgIpc) is 3.00. The van der Waals surface area contributed by atoms with E-state index in [1.54, 1.807) is 12.1 Å². The quantitative estimate of drug-likeness (QED) is 0.677. The Labute approximate surface area is 83.2 Å². The topological polar surface area (TPSA) is 66.5 Å². The molecule has 0 amide bonds. The van der Waals surface area contributed by atoms with E-state index < -0.39 is 0 Å². The molecule has 1 aromatic carbocycles. The predicted octanol–water partition coefficient (Wildman–Crippen LogP) is 1.29. The van der Waals surface area contributed by atoms with Crippen molar-refractivity contribution in [3.8, 4) is 5.75 Å². The van der Waals surface area contributed by atoms with Crippen molar-refractivity contribution in [1.82, 2.24) is 0 Å². The standard InChI is InChI=1S/C11H15NO2/c12-11(7-1-2-7)10-4-3-9(14)5-8(10)6-13/h3-5,7,11,13-14H,1-2,6,12H2/t11-/m1/s1. The second kappa shape index (κ2) is 3.59. The maximum Gasteiger partial charge on any atom is 0.115 e. The van der Waals surface area contributed by atoms with E-state index in [0.29, 0.717) is 5.92 Å². The van der Waals surface area contributed by atoms with Crippen molar-refractivity contribution < 1.29 is 10.2 Å². The van der Waals surface area contributed by atoms with Gasteiger partial charge >= 0.3 is 0 Å². The van der Waals surface area contributed by atoms with Gasteiger partial charge in [-0.05, 0) is 42.0 Å². The highest BCUT2D eigenvalue weighted by Gasteiger charge is 2.30. The number of phenolic OH excluding ortho intramolecular Hbond substituents is 1. The van der Waals surface area contributed by atoms with Gasteiger partial charge in [-0.25, -0.2) is 0 Å². The molecule has 3 heteroatoms. The first-order valence-corrected chi connectivity index (χ1v) is 4.90. The van der Waals surface area contributed by atoms with Gasteiger partial charge in [0.15, 0.2) is 0 Å². The lowest BCUT2D eigenvalue weighted by Crippen LogP contribution is -2.14. The monoisotopic (exact) mass is 193 g/mol. The van der Waals surface area contributed by atoms with Crippen molar-refractivity contribution in [3.05, 3.63) is 29.3 Å². The van der Waals surface area contributed by atoms with Crippen LogP contribution in [0.5, 0.6) is 5.75 Å². The van der Waals surface area contributed by atoms with E-state index >= 15 is 0 Å². The van der Waals surface area contributed by atoms with Crippen LogP contribution in [0.15, 0.2) is 18.2 Å². The summed E-state index contributed by atoms with van der Waals surface area (Å²) < 4.78 is 0. The molecule has 4 N–H and O–H groups in total. The van der Waals surface area contributed by atoms with E-state index in [-0.39, 0.29) is 18.4 Å². The minimum Gasteiger partial charge on any atom is -0.508 e. The molecule has 1 fully saturated rings. The maximum absolute atomic E-state index is 9.25. The highest BCUT2D eigenvalue weighted by Crippen LogP contribution is 2.40. The van der Waals surface area contributed by atoms with Gasteiger partial charge in [-0.1, -0.05) is 6.07 Å². The fourth-order valence-electron chi connectivity index (χ4n) is 1.76. The van der Waals surface area contributed by atoms with Gasteiger partial charge in [0, 0.05) is 6.04 Å². The molecule has 0 aromatic heterocycles. The van der Waals surface area contributed by atoms with Crippen LogP contribution in [0, 0.1) is 5.92 Å². The van der Waals surface area contributed by atoms with Gasteiger partial charge in [-0.15, -0.1) is 0 Å². The number of hydrogen-bond acceptors (Lipinski definition) is 3. The highest BCUT2D eigenvalue weighted by molar-refractivity contribution is 5.37. The van der Waals surface area contributed by atoms with Crippen molar-refractivity contribution in [3.63, 3.8) is 0 Å². The zero-order chi connectivity index (χ0) is 10.1. The Kier molecular flexibility index (Phi) is 2.44. The minimum absolute atomic E-state index is 0.0118. The molecule has 0 saturated heterocycles. The Morgan fingerprint density at radius 3 is 2.71 bits per heavy atom. The van der Waals surface area contributed by atoms with Crippen LogP contribution in [0.2, 0.25) is 0 Å². The van der Waals surface area contributed by atoms with E-state index in [0.717, 1.165) is 11.1 Å². The van der Waals surface area contributed by atoms with Crippen molar-refractivity contribution >= 4 is 0 Å². The van der Waals surface area contributed by atoms with E-state index in [4.69, 9.17) is 10.8 Å². The summed E-state index contributed by atoms with van der Waals surface area (Å²) in [6.07, 6.45) is 2.35. The van der Waals surface area contributed by atoms with E-state index in [1.165, 1.54) is 12.8 Å². The summed E-state index contributed by atoms with van der Waals surface area (Å²) in [6, 6.07) is 5.02. The molecule has 1 atom stereocenters. The number of nitrogens with two attached hydrogens (primary N) is 1. The summed E-state index contributed by atoms with van der Waals surface area (Å²) in [5.74, 6) is 0.741. The van der Waals surface area contributed by atoms with Gasteiger partial charge in [-0.2, -0.15) is 0 Å². The number of hydrogen-bond donors (Lipinski definition) is 3. The van der Waals surface area contributed by atoms with Crippen molar-refractivity contribution in [2.75, 3.05) is 0 Å². The van der Waals surface area contributed by atoms with Crippen LogP contribution in [0.25, 0.3) is 0 Å². The lowest BCUT2D eigenvalue weighted by Gasteiger charge is -2.14. The van der Waals surface area contributed by atoms with Crippen LogP contribution in [-0.4, -0.2) is 10.2 Å². The van der Waals surface area contributed by atoms with Crippen LogP contribution in [-0.2, 0) is 6.61 Å². The summed E-state index contributed by atoms with van der Waals surface area (Å²) in [6.45, 7) is -0.0653. The number of benzene rings is 1. The van der Waals surface area contributed by atoms with E-state index in [9.17, 15) is 5.11 Å². The predicted molar refractivity (Wildman–Crippen MR) is 53.7 cm³/mol. The molecular weight excluding hydrogens is 178 g/mol. The fraction of sp³-hybridized carbons (Fsp3) is 0.455. The summed E-state index contributed by atoms with van der Waals surface area (Å²) in [4.78, 5) is 0. The Bertz CT molecular complexity index is 334. The molecule has 1 aromatic rings. The number of aromatic hydroxyl groups is 1. The zero-order valence-corrected chi connectivity index (χ0v) is 7.98. The molecule has 14 heavy (non-hydrogen) atoms. The Morgan fingerprint density at radius 1 is 1.43 bits per heavy atom. The number of phenols is 1. The first-order chi connectivity index (χ1) is 6.72. The molecule has 1 saturated carbocycles. The third-order valence-corrected chi connectivity index (χ3v) is 2.79. The molecule has 0 aliphatic heterocycles. The Balaban J connectivity index is 2.30. The molecule has 0 spiro atoms. The molecule has 76 valence electrons. The van der Waals surface area contributed by atoms with Gasteiger partial charge in [0.05, 0.1) is 6.61 Å². The Hall–Kier alpha value is -1.06. The largest absolute Gasteiger partial charge is 0.508 e. The fourth-order valence-corrected chi connectivity index (χ4v) is 1.76. The second-order valence-electron chi connectivity index (χ2n) is 3.90. The van der Waals surface area contributed by atoms with Crippen LogP contribution >= 0.6 is 0 Å². The van der Waals surface area contributed by atoms with Crippen molar-refractivity contribution in [2.24, 2.45) is 11.7 Å². The first kappa shape index (κ1) is 9.49. The summed E-state index contributed by atoms with van der Waals surface area (Å²) in [5, 5.41) is 18.4. The summed E-state index contributed by atoms with van der Waals surface area (Å²) >= 11 is 0. The van der Waals surface area contributed by atoms with Crippen LogP contribution in [0.1, 0.15) is 30.0 Å². The SMILES string of the molecule is N[C@@H](c1ccc(O)cc1CO)C1CC1. The number of rotatable bonds is 3. The third-order valence-electron chi connectivity index (χ3n) is 2.79. The van der Waals surface area contributed by atoms with Crippen LogP contribution < -0.4 is 5.73 Å². The molecule has 3 nitrogen and oxygen atoms in total. The normalized spacial score (nSPS) is 18.1. The summed E-state index contributed by atoms with van der Waals surface area (Å²) in [5.41, 5.74) is 7.74. The molecule has 0 radical (unpaired) electrons. The van der Waals surface area contributed by atoms with Gasteiger partial charge in [0.25, 0.3) is 0 Å². The molecule has 0 heterocycles. The lowest BCUT2D eigenvalue weighted by atomic mass is 9.98. The van der Waals surface area contributed by atoms with Crippen molar-refractivity contribution in [1.29, 1.82) is 0 Å². The second-order valence-corrected chi connectivity index (χ2v) is 3.90. The van der Waals surface area contributed by atoms with Crippen LogP contribution in [0.4, 0.5) is 0 Å².